The molecule has 0 unspecified atom stereocenters. The number of esters is 1. The summed E-state index contributed by atoms with van der Waals surface area (Å²) < 4.78 is 4.91. The number of aliphatic hydroxyl groups is 2. The first-order valence-corrected chi connectivity index (χ1v) is 5.31. The third kappa shape index (κ3) is 5.68. The van der Waals surface area contributed by atoms with Crippen molar-refractivity contribution in [1.29, 1.82) is 0 Å². The minimum absolute atomic E-state index is 0.287. The van der Waals surface area contributed by atoms with Gasteiger partial charge in [0.1, 0.15) is 6.10 Å². The van der Waals surface area contributed by atoms with Gasteiger partial charge in [0.05, 0.1) is 6.10 Å². The van der Waals surface area contributed by atoms with Crippen LogP contribution in [0.4, 0.5) is 0 Å². The zero-order valence-corrected chi connectivity index (χ0v) is 9.63. The van der Waals surface area contributed by atoms with Crippen molar-refractivity contribution in [3.63, 3.8) is 0 Å². The molecule has 2 N–H and O–H groups in total. The Morgan fingerprint density at radius 1 is 1.38 bits per heavy atom. The fourth-order valence-corrected chi connectivity index (χ4v) is 1.15. The van der Waals surface area contributed by atoms with E-state index in [9.17, 15) is 15.0 Å². The molecule has 0 aliphatic carbocycles. The van der Waals surface area contributed by atoms with Gasteiger partial charge in [-0.25, -0.2) is 4.79 Å². The molecule has 92 valence electrons. The molecule has 0 saturated heterocycles. The Labute approximate surface area is 96.2 Å². The SMILES string of the molecule is C=CCC[C@H](O)[C@H](O)C(=O)O[C@H](C)CC=C. The first-order chi connectivity index (χ1) is 7.52. The molecule has 0 aromatic carbocycles. The van der Waals surface area contributed by atoms with Crippen LogP contribution in [0.25, 0.3) is 0 Å². The van der Waals surface area contributed by atoms with Crippen LogP contribution in [0.15, 0.2) is 25.3 Å². The molecule has 0 aliphatic heterocycles. The highest BCUT2D eigenvalue weighted by Gasteiger charge is 2.26. The highest BCUT2D eigenvalue weighted by molar-refractivity contribution is 5.75. The molecule has 0 bridgehead atoms. The van der Waals surface area contributed by atoms with Crippen LogP contribution in [0.1, 0.15) is 26.2 Å². The zero-order valence-electron chi connectivity index (χ0n) is 9.63. The second-order valence-electron chi connectivity index (χ2n) is 3.65. The van der Waals surface area contributed by atoms with Crippen LogP contribution < -0.4 is 0 Å². The number of allylic oxidation sites excluding steroid dienone is 1. The maximum Gasteiger partial charge on any atom is 0.337 e. The Morgan fingerprint density at radius 3 is 2.50 bits per heavy atom. The average Bonchev–Trinajstić information content (AvgIpc) is 2.24. The topological polar surface area (TPSA) is 66.8 Å². The largest absolute Gasteiger partial charge is 0.460 e. The van der Waals surface area contributed by atoms with Crippen molar-refractivity contribution < 1.29 is 19.7 Å². The van der Waals surface area contributed by atoms with Crippen molar-refractivity contribution in [3.05, 3.63) is 25.3 Å². The average molecular weight is 228 g/mol. The van der Waals surface area contributed by atoms with Crippen molar-refractivity contribution in [2.75, 3.05) is 0 Å². The van der Waals surface area contributed by atoms with Gasteiger partial charge in [0.15, 0.2) is 6.10 Å². The summed E-state index contributed by atoms with van der Waals surface area (Å²) in [4.78, 5) is 11.3. The second-order valence-corrected chi connectivity index (χ2v) is 3.65. The number of hydrogen-bond donors (Lipinski definition) is 2. The van der Waals surface area contributed by atoms with Crippen molar-refractivity contribution in [1.82, 2.24) is 0 Å². The zero-order chi connectivity index (χ0) is 12.6. The molecule has 4 nitrogen and oxygen atoms in total. The number of carbonyl (C=O) groups excluding carboxylic acids is 1. The molecule has 0 radical (unpaired) electrons. The minimum atomic E-state index is -1.49. The van der Waals surface area contributed by atoms with E-state index in [2.05, 4.69) is 13.2 Å². The van der Waals surface area contributed by atoms with Crippen molar-refractivity contribution in [2.24, 2.45) is 0 Å². The summed E-state index contributed by atoms with van der Waals surface area (Å²) in [6.45, 7) is 8.70. The molecule has 0 heterocycles. The highest BCUT2D eigenvalue weighted by Crippen LogP contribution is 2.07. The highest BCUT2D eigenvalue weighted by atomic mass is 16.6. The van der Waals surface area contributed by atoms with Gasteiger partial charge in [-0.15, -0.1) is 13.2 Å². The summed E-state index contributed by atoms with van der Waals surface area (Å²) in [5, 5.41) is 18.9. The molecule has 0 aromatic rings. The summed E-state index contributed by atoms with van der Waals surface area (Å²) >= 11 is 0. The van der Waals surface area contributed by atoms with E-state index in [4.69, 9.17) is 4.74 Å². The molecule has 16 heavy (non-hydrogen) atoms. The lowest BCUT2D eigenvalue weighted by Gasteiger charge is -2.18. The predicted molar refractivity (Wildman–Crippen MR) is 61.8 cm³/mol. The van der Waals surface area contributed by atoms with E-state index in [0.717, 1.165) is 0 Å². The molecule has 4 heteroatoms. The maximum atomic E-state index is 11.3. The lowest BCUT2D eigenvalue weighted by Crippen LogP contribution is -2.36. The van der Waals surface area contributed by atoms with E-state index in [1.807, 2.05) is 0 Å². The molecule has 0 aromatic heterocycles. The fraction of sp³-hybridized carbons (Fsp3) is 0.583. The summed E-state index contributed by atoms with van der Waals surface area (Å²) in [7, 11) is 0. The summed E-state index contributed by atoms with van der Waals surface area (Å²) in [6, 6.07) is 0. The maximum absolute atomic E-state index is 11.3. The molecule has 0 saturated carbocycles. The monoisotopic (exact) mass is 228 g/mol. The Morgan fingerprint density at radius 2 is 2.00 bits per heavy atom. The predicted octanol–water partition coefficient (Wildman–Crippen LogP) is 1.18. The number of carbonyl (C=O) groups is 1. The quantitative estimate of drug-likeness (QED) is 0.483. The molecule has 0 amide bonds. The van der Waals surface area contributed by atoms with E-state index in [1.54, 1.807) is 19.1 Å². The van der Waals surface area contributed by atoms with Gasteiger partial charge in [0.25, 0.3) is 0 Å². The Bertz CT molecular complexity index is 237. The van der Waals surface area contributed by atoms with Gasteiger partial charge >= 0.3 is 5.97 Å². The van der Waals surface area contributed by atoms with Crippen molar-refractivity contribution in [2.45, 2.75) is 44.5 Å². The summed E-state index contributed by atoms with van der Waals surface area (Å²) in [5.41, 5.74) is 0. The first-order valence-electron chi connectivity index (χ1n) is 5.31. The normalized spacial score (nSPS) is 15.9. The van der Waals surface area contributed by atoms with Crippen molar-refractivity contribution >= 4 is 5.97 Å². The molecule has 0 aliphatic rings. The van der Waals surface area contributed by atoms with Crippen LogP contribution in [0, 0.1) is 0 Å². The van der Waals surface area contributed by atoms with Crippen LogP contribution in [-0.2, 0) is 9.53 Å². The minimum Gasteiger partial charge on any atom is -0.460 e. The van der Waals surface area contributed by atoms with Gasteiger partial charge in [0, 0.05) is 6.42 Å². The number of aliphatic hydroxyl groups excluding tert-OH is 2. The van der Waals surface area contributed by atoms with E-state index in [1.165, 1.54) is 0 Å². The smallest absolute Gasteiger partial charge is 0.337 e. The van der Waals surface area contributed by atoms with Crippen LogP contribution in [0.5, 0.6) is 0 Å². The molecule has 0 fully saturated rings. The van der Waals surface area contributed by atoms with Gasteiger partial charge in [-0.3, -0.25) is 0 Å². The molecule has 0 spiro atoms. The van der Waals surface area contributed by atoms with E-state index < -0.39 is 18.2 Å². The second kappa shape index (κ2) is 8.07. The molecule has 3 atom stereocenters. The van der Waals surface area contributed by atoms with Crippen LogP contribution in [-0.4, -0.2) is 34.5 Å². The lowest BCUT2D eigenvalue weighted by molar-refractivity contribution is -0.164. The molecule has 0 rings (SSSR count). The Kier molecular flexibility index (Phi) is 7.50. The van der Waals surface area contributed by atoms with Crippen LogP contribution in [0.3, 0.4) is 0 Å². The van der Waals surface area contributed by atoms with Gasteiger partial charge in [-0.05, 0) is 19.8 Å². The molecular weight excluding hydrogens is 208 g/mol. The third-order valence-corrected chi connectivity index (χ3v) is 2.09. The van der Waals surface area contributed by atoms with E-state index >= 15 is 0 Å². The van der Waals surface area contributed by atoms with E-state index in [-0.39, 0.29) is 12.5 Å². The van der Waals surface area contributed by atoms with Gasteiger partial charge in [-0.2, -0.15) is 0 Å². The van der Waals surface area contributed by atoms with Crippen LogP contribution in [0.2, 0.25) is 0 Å². The number of rotatable bonds is 8. The van der Waals surface area contributed by atoms with Gasteiger partial charge in [-0.1, -0.05) is 12.2 Å². The van der Waals surface area contributed by atoms with E-state index in [0.29, 0.717) is 12.8 Å². The third-order valence-electron chi connectivity index (χ3n) is 2.09. The standard InChI is InChI=1S/C12H20O4/c1-4-6-8-10(13)11(14)12(15)16-9(3)7-5-2/h4-5,9-11,13-14H,1-2,6-8H2,3H3/t9-,10+,11+/m1/s1. The summed E-state index contributed by atoms with van der Waals surface area (Å²) in [5.74, 6) is -0.800. The number of ether oxygens (including phenoxy) is 1. The first kappa shape index (κ1) is 14.9. The Hall–Kier alpha value is -1.13. The van der Waals surface area contributed by atoms with Crippen LogP contribution >= 0.6 is 0 Å². The lowest BCUT2D eigenvalue weighted by atomic mass is 10.1. The summed E-state index contributed by atoms with van der Waals surface area (Å²) in [6.07, 6.45) is 1.63. The fourth-order valence-electron chi connectivity index (χ4n) is 1.15. The van der Waals surface area contributed by atoms with Gasteiger partial charge in [0.2, 0.25) is 0 Å². The van der Waals surface area contributed by atoms with Crippen molar-refractivity contribution in [3.8, 4) is 0 Å². The Balaban J connectivity index is 4.05. The molecular formula is C12H20O4. The number of hydrogen-bond acceptors (Lipinski definition) is 4. The van der Waals surface area contributed by atoms with Gasteiger partial charge < -0.3 is 14.9 Å².